The quantitative estimate of drug-likeness (QED) is 0.393. The summed E-state index contributed by atoms with van der Waals surface area (Å²) in [6.07, 6.45) is 8.75. The number of aromatic nitrogens is 2. The van der Waals surface area contributed by atoms with Crippen molar-refractivity contribution >= 4 is 38.6 Å². The summed E-state index contributed by atoms with van der Waals surface area (Å²) in [5.41, 5.74) is 1.42. The summed E-state index contributed by atoms with van der Waals surface area (Å²) >= 11 is 1.59. The fourth-order valence-electron chi connectivity index (χ4n) is 4.63. The van der Waals surface area contributed by atoms with E-state index in [1.165, 1.54) is 0 Å². The van der Waals surface area contributed by atoms with Gasteiger partial charge in [0.1, 0.15) is 5.82 Å². The zero-order chi connectivity index (χ0) is 25.3. The second-order valence-corrected chi connectivity index (χ2v) is 13.3. The van der Waals surface area contributed by atoms with Crippen LogP contribution >= 0.6 is 11.3 Å². The first kappa shape index (κ1) is 24.9. The summed E-state index contributed by atoms with van der Waals surface area (Å²) in [6.45, 7) is 3.83. The summed E-state index contributed by atoms with van der Waals surface area (Å²) in [5.74, 6) is 1.11. The van der Waals surface area contributed by atoms with Crippen LogP contribution in [0.15, 0.2) is 53.7 Å². The summed E-state index contributed by atoms with van der Waals surface area (Å²) < 4.78 is 26.8. The molecule has 0 aliphatic heterocycles. The predicted molar refractivity (Wildman–Crippen MR) is 143 cm³/mol. The normalized spacial score (nSPS) is 20.3. The van der Waals surface area contributed by atoms with Crippen molar-refractivity contribution in [2.24, 2.45) is 5.92 Å². The van der Waals surface area contributed by atoms with Crippen molar-refractivity contribution in [1.82, 2.24) is 15.3 Å². The highest BCUT2D eigenvalue weighted by Crippen LogP contribution is 2.43. The Balaban J connectivity index is 1.36. The fraction of sp³-hybridized carbons (Fsp3) is 0.444. The van der Waals surface area contributed by atoms with Crippen molar-refractivity contribution in [2.75, 3.05) is 5.32 Å². The minimum atomic E-state index is -3.42. The Morgan fingerprint density at radius 1 is 1.03 bits per heavy atom. The molecule has 0 spiro atoms. The minimum absolute atomic E-state index is 0.00379. The van der Waals surface area contributed by atoms with Crippen LogP contribution in [0.3, 0.4) is 0 Å². The first-order chi connectivity index (χ1) is 17.3. The van der Waals surface area contributed by atoms with Gasteiger partial charge in [0.15, 0.2) is 9.84 Å². The van der Waals surface area contributed by atoms with Crippen LogP contribution in [0.5, 0.6) is 0 Å². The molecule has 5 rings (SSSR count). The van der Waals surface area contributed by atoms with Crippen molar-refractivity contribution < 1.29 is 13.2 Å². The summed E-state index contributed by atoms with van der Waals surface area (Å²) in [6, 6.07) is 11.3. The number of amides is 1. The topological polar surface area (TPSA) is 101 Å². The van der Waals surface area contributed by atoms with Gasteiger partial charge in [-0.3, -0.25) is 4.79 Å². The Labute approximate surface area is 216 Å². The number of thiazole rings is 1. The molecule has 0 atom stereocenters. The summed E-state index contributed by atoms with van der Waals surface area (Å²) in [7, 11) is -3.42. The molecule has 2 heterocycles. The molecule has 0 saturated heterocycles. The molecule has 2 aromatic heterocycles. The number of sulfone groups is 1. The highest BCUT2D eigenvalue weighted by Gasteiger charge is 2.38. The molecule has 36 heavy (non-hydrogen) atoms. The van der Waals surface area contributed by atoms with Gasteiger partial charge in [0, 0.05) is 41.5 Å². The summed E-state index contributed by atoms with van der Waals surface area (Å²) in [5, 5.41) is 7.11. The summed E-state index contributed by atoms with van der Waals surface area (Å²) in [4.78, 5) is 22.3. The Morgan fingerprint density at radius 2 is 1.81 bits per heavy atom. The molecule has 0 bridgehead atoms. The third kappa shape index (κ3) is 5.47. The number of carbonyl (C=O) groups excluding carboxylic acids is 1. The zero-order valence-corrected chi connectivity index (χ0v) is 22.2. The number of carbonyl (C=O) groups is 1. The third-order valence-corrected chi connectivity index (χ3v) is 10.4. The lowest BCUT2D eigenvalue weighted by Crippen LogP contribution is -2.39. The van der Waals surface area contributed by atoms with Gasteiger partial charge >= 0.3 is 0 Å². The van der Waals surface area contributed by atoms with Crippen molar-refractivity contribution in [1.29, 1.82) is 0 Å². The van der Waals surface area contributed by atoms with Gasteiger partial charge in [0.05, 0.1) is 20.0 Å². The maximum absolute atomic E-state index is 13.4. The SMILES string of the molecule is CC(C)C(=O)NC1CCC(c2ncc(-c3ccc(Nc4ccccn4)cc3S(=O)(=O)C3CC3)s2)CC1. The fourth-order valence-corrected chi connectivity index (χ4v) is 7.72. The Hall–Kier alpha value is -2.78. The Bertz CT molecular complexity index is 1330. The number of nitrogens with one attached hydrogen (secondary N) is 2. The molecule has 2 saturated carbocycles. The molecule has 3 aromatic rings. The van der Waals surface area contributed by atoms with Gasteiger partial charge in [-0.1, -0.05) is 26.0 Å². The van der Waals surface area contributed by atoms with E-state index in [4.69, 9.17) is 4.98 Å². The van der Waals surface area contributed by atoms with Gasteiger partial charge < -0.3 is 10.6 Å². The number of pyridine rings is 1. The van der Waals surface area contributed by atoms with Crippen molar-refractivity contribution in [3.8, 4) is 10.4 Å². The van der Waals surface area contributed by atoms with Crippen LogP contribution in [0.2, 0.25) is 0 Å². The van der Waals surface area contributed by atoms with Gasteiger partial charge in [-0.2, -0.15) is 0 Å². The van der Waals surface area contributed by atoms with E-state index in [-0.39, 0.29) is 23.1 Å². The maximum Gasteiger partial charge on any atom is 0.222 e. The lowest BCUT2D eigenvalue weighted by atomic mass is 9.86. The van der Waals surface area contributed by atoms with Crippen LogP contribution in [0.4, 0.5) is 11.5 Å². The van der Waals surface area contributed by atoms with E-state index in [1.807, 2.05) is 50.4 Å². The molecule has 0 radical (unpaired) electrons. The van der Waals surface area contributed by atoms with E-state index < -0.39 is 9.84 Å². The molecular formula is C27H32N4O3S2. The maximum atomic E-state index is 13.4. The van der Waals surface area contributed by atoms with Crippen molar-refractivity contribution in [2.45, 2.75) is 74.5 Å². The van der Waals surface area contributed by atoms with Gasteiger partial charge in [0.2, 0.25) is 5.91 Å². The average molecular weight is 525 g/mol. The molecule has 2 N–H and O–H groups in total. The standard InChI is InChI=1S/C27H32N4O3S2/c1-17(2)26(32)31-19-8-6-18(7-9-19)27-29-16-23(35-27)22-13-10-20(30-25-5-3-4-14-28-25)15-24(22)36(33,34)21-11-12-21/h3-5,10,13-19,21H,6-9,11-12H2,1-2H3,(H,28,30)(H,31,32). The molecule has 0 unspecified atom stereocenters. The lowest BCUT2D eigenvalue weighted by molar-refractivity contribution is -0.124. The number of hydrogen-bond acceptors (Lipinski definition) is 7. The molecule has 190 valence electrons. The largest absolute Gasteiger partial charge is 0.353 e. The average Bonchev–Trinajstić information content (AvgIpc) is 3.63. The number of rotatable bonds is 8. The Morgan fingerprint density at radius 3 is 2.47 bits per heavy atom. The van der Waals surface area contributed by atoms with Crippen molar-refractivity contribution in [3.63, 3.8) is 0 Å². The smallest absolute Gasteiger partial charge is 0.222 e. The number of nitrogens with zero attached hydrogens (tertiary/aromatic N) is 2. The van der Waals surface area contributed by atoms with Crippen LogP contribution in [0.25, 0.3) is 10.4 Å². The monoisotopic (exact) mass is 524 g/mol. The van der Waals surface area contributed by atoms with Crippen LogP contribution in [0.1, 0.15) is 63.3 Å². The highest BCUT2D eigenvalue weighted by atomic mass is 32.2. The van der Waals surface area contributed by atoms with E-state index in [0.29, 0.717) is 35.2 Å². The van der Waals surface area contributed by atoms with Crippen molar-refractivity contribution in [3.05, 3.63) is 53.8 Å². The van der Waals surface area contributed by atoms with Crippen LogP contribution in [0, 0.1) is 5.92 Å². The third-order valence-electron chi connectivity index (χ3n) is 6.92. The first-order valence-corrected chi connectivity index (χ1v) is 15.0. The molecule has 2 fully saturated rings. The molecule has 2 aliphatic carbocycles. The second-order valence-electron chi connectivity index (χ2n) is 10.1. The lowest BCUT2D eigenvalue weighted by Gasteiger charge is -2.28. The zero-order valence-electron chi connectivity index (χ0n) is 20.6. The van der Waals surface area contributed by atoms with E-state index >= 15 is 0 Å². The van der Waals surface area contributed by atoms with Crippen LogP contribution in [-0.4, -0.2) is 35.6 Å². The first-order valence-electron chi connectivity index (χ1n) is 12.6. The second kappa shape index (κ2) is 10.3. The molecule has 1 amide bonds. The van der Waals surface area contributed by atoms with E-state index in [1.54, 1.807) is 23.6 Å². The minimum Gasteiger partial charge on any atom is -0.353 e. The number of benzene rings is 1. The molecular weight excluding hydrogens is 492 g/mol. The molecule has 9 heteroatoms. The molecule has 7 nitrogen and oxygen atoms in total. The highest BCUT2D eigenvalue weighted by molar-refractivity contribution is 7.92. The number of anilines is 2. The van der Waals surface area contributed by atoms with Crippen LogP contribution in [-0.2, 0) is 14.6 Å². The molecule has 1 aromatic carbocycles. The van der Waals surface area contributed by atoms with E-state index in [0.717, 1.165) is 41.1 Å². The van der Waals surface area contributed by atoms with Gasteiger partial charge in [-0.15, -0.1) is 11.3 Å². The predicted octanol–water partition coefficient (Wildman–Crippen LogP) is 5.68. The van der Waals surface area contributed by atoms with Gasteiger partial charge in [0.25, 0.3) is 0 Å². The van der Waals surface area contributed by atoms with Gasteiger partial charge in [-0.05, 0) is 62.8 Å². The van der Waals surface area contributed by atoms with Gasteiger partial charge in [-0.25, -0.2) is 18.4 Å². The Kier molecular flexibility index (Phi) is 7.12. The number of hydrogen-bond donors (Lipinski definition) is 2. The van der Waals surface area contributed by atoms with Crippen LogP contribution < -0.4 is 10.6 Å². The van der Waals surface area contributed by atoms with E-state index in [2.05, 4.69) is 15.6 Å². The van der Waals surface area contributed by atoms with E-state index in [9.17, 15) is 13.2 Å². The molecule has 2 aliphatic rings.